The molecule has 0 unspecified atom stereocenters. The fourth-order valence-corrected chi connectivity index (χ4v) is 1.20. The molecule has 5 heteroatoms. The highest BCUT2D eigenvalue weighted by Gasteiger charge is 2.10. The summed E-state index contributed by atoms with van der Waals surface area (Å²) < 4.78 is 0. The average Bonchev–Trinajstić information content (AvgIpc) is 2.41. The van der Waals surface area contributed by atoms with Crippen LogP contribution in [0.15, 0.2) is 33.1 Å². The molecule has 0 aliphatic rings. The third kappa shape index (κ3) is 0.868. The highest BCUT2D eigenvalue weighted by molar-refractivity contribution is 5.78. The molecule has 2 rings (SSSR count). The Balaban J connectivity index is 3.26. The van der Waals surface area contributed by atoms with E-state index in [2.05, 4.69) is 10.1 Å². The van der Waals surface area contributed by atoms with Gasteiger partial charge in [-0.05, 0) is 12.1 Å². The van der Waals surface area contributed by atoms with Gasteiger partial charge in [-0.3, -0.25) is 14.6 Å². The number of nitrogens with zero attached hydrogens (tertiary/aromatic N) is 2. The van der Waals surface area contributed by atoms with Crippen molar-refractivity contribution in [3.8, 4) is 0 Å². The van der Waals surface area contributed by atoms with Crippen molar-refractivity contribution >= 4 is 10.9 Å². The summed E-state index contributed by atoms with van der Waals surface area (Å²) in [5.74, 6) is 0. The quantitative estimate of drug-likeness (QED) is 0.417. The SMILES string of the molecule is O=c1c(=NO)c(=O)c2ncccc12. The summed E-state index contributed by atoms with van der Waals surface area (Å²) in [4.78, 5) is 26.3. The highest BCUT2D eigenvalue weighted by atomic mass is 16.4. The number of pyridine rings is 1. The fourth-order valence-electron chi connectivity index (χ4n) is 1.20. The summed E-state index contributed by atoms with van der Waals surface area (Å²) in [6.45, 7) is 0. The maximum Gasteiger partial charge on any atom is 0.237 e. The molecule has 0 bridgehead atoms. The van der Waals surface area contributed by atoms with Crippen LogP contribution in [0.5, 0.6) is 0 Å². The molecule has 0 spiro atoms. The van der Waals surface area contributed by atoms with Crippen molar-refractivity contribution in [1.29, 1.82) is 0 Å². The molecule has 2 aromatic rings. The van der Waals surface area contributed by atoms with E-state index in [1.807, 2.05) is 0 Å². The maximum absolute atomic E-state index is 11.3. The first-order chi connectivity index (χ1) is 6.25. The van der Waals surface area contributed by atoms with Crippen LogP contribution in [0.4, 0.5) is 0 Å². The Kier molecular flexibility index (Phi) is 1.45. The largest absolute Gasteiger partial charge is 0.410 e. The van der Waals surface area contributed by atoms with Crippen LogP contribution in [0, 0.1) is 0 Å². The van der Waals surface area contributed by atoms with E-state index in [0.29, 0.717) is 0 Å². The standard InChI is InChI=1S/C8H4N2O3/c11-7-4-2-1-3-9-5(4)8(12)6(7)10-13/h1-3,13H. The Labute approximate surface area is 71.3 Å². The number of fused-ring (bicyclic) bond motifs is 1. The van der Waals surface area contributed by atoms with Crippen LogP contribution in [0.3, 0.4) is 0 Å². The second-order valence-electron chi connectivity index (χ2n) is 2.51. The minimum absolute atomic E-state index is 0.0558. The second-order valence-corrected chi connectivity index (χ2v) is 2.51. The monoisotopic (exact) mass is 176 g/mol. The summed E-state index contributed by atoms with van der Waals surface area (Å²) in [7, 11) is 0. The summed E-state index contributed by atoms with van der Waals surface area (Å²) in [6, 6.07) is 3.02. The number of aromatic nitrogens is 1. The predicted octanol–water partition coefficient (Wildman–Crippen LogP) is -0.879. The molecule has 0 atom stereocenters. The Morgan fingerprint density at radius 1 is 1.31 bits per heavy atom. The molecule has 64 valence electrons. The first-order valence-corrected chi connectivity index (χ1v) is 3.52. The molecule has 0 aliphatic heterocycles. The van der Waals surface area contributed by atoms with Gasteiger partial charge >= 0.3 is 0 Å². The highest BCUT2D eigenvalue weighted by Crippen LogP contribution is 1.96. The van der Waals surface area contributed by atoms with E-state index in [-0.39, 0.29) is 10.9 Å². The van der Waals surface area contributed by atoms with Crippen LogP contribution < -0.4 is 16.2 Å². The lowest BCUT2D eigenvalue weighted by molar-refractivity contribution is 0.301. The molecule has 1 heterocycles. The molecule has 13 heavy (non-hydrogen) atoms. The van der Waals surface area contributed by atoms with E-state index in [1.54, 1.807) is 6.07 Å². The molecule has 1 N–H and O–H groups in total. The van der Waals surface area contributed by atoms with Crippen molar-refractivity contribution < 1.29 is 5.21 Å². The molecule has 1 aromatic heterocycles. The first-order valence-electron chi connectivity index (χ1n) is 3.52. The lowest BCUT2D eigenvalue weighted by Crippen LogP contribution is -2.31. The molecule has 0 saturated carbocycles. The van der Waals surface area contributed by atoms with Gasteiger partial charge in [0.25, 0.3) is 0 Å². The van der Waals surface area contributed by atoms with E-state index in [4.69, 9.17) is 5.21 Å². The van der Waals surface area contributed by atoms with E-state index >= 15 is 0 Å². The zero-order chi connectivity index (χ0) is 9.42. The summed E-state index contributed by atoms with van der Waals surface area (Å²) in [5, 5.41) is 10.8. The Morgan fingerprint density at radius 3 is 2.69 bits per heavy atom. The Hall–Kier alpha value is -2.04. The van der Waals surface area contributed by atoms with Gasteiger partial charge in [-0.2, -0.15) is 0 Å². The molecule has 1 aromatic carbocycles. The van der Waals surface area contributed by atoms with Crippen molar-refractivity contribution in [2.24, 2.45) is 5.16 Å². The van der Waals surface area contributed by atoms with E-state index in [0.717, 1.165) is 0 Å². The molecule has 0 radical (unpaired) electrons. The van der Waals surface area contributed by atoms with Crippen LogP contribution in [0.2, 0.25) is 0 Å². The molecule has 0 aliphatic carbocycles. The van der Waals surface area contributed by atoms with Crippen molar-refractivity contribution in [2.75, 3.05) is 0 Å². The normalized spacial score (nSPS) is 12.5. The maximum atomic E-state index is 11.3. The topological polar surface area (TPSA) is 79.6 Å². The van der Waals surface area contributed by atoms with Crippen molar-refractivity contribution in [2.45, 2.75) is 0 Å². The van der Waals surface area contributed by atoms with E-state index in [9.17, 15) is 9.59 Å². The number of rotatable bonds is 0. The summed E-state index contributed by atoms with van der Waals surface area (Å²) >= 11 is 0. The number of hydrogen-bond donors (Lipinski definition) is 1. The lowest BCUT2D eigenvalue weighted by atomic mass is 10.3. The predicted molar refractivity (Wildman–Crippen MR) is 44.0 cm³/mol. The molecule has 5 nitrogen and oxygen atoms in total. The van der Waals surface area contributed by atoms with Gasteiger partial charge in [-0.15, -0.1) is 0 Å². The summed E-state index contributed by atoms with van der Waals surface area (Å²) in [6.07, 6.45) is 1.41. The Morgan fingerprint density at radius 2 is 2.08 bits per heavy atom. The van der Waals surface area contributed by atoms with E-state index in [1.165, 1.54) is 12.3 Å². The third-order valence-electron chi connectivity index (χ3n) is 1.80. The smallest absolute Gasteiger partial charge is 0.237 e. The van der Waals surface area contributed by atoms with Gasteiger partial charge in [0, 0.05) is 6.20 Å². The Bertz CT molecular complexity index is 558. The zero-order valence-corrected chi connectivity index (χ0v) is 6.39. The average molecular weight is 176 g/mol. The van der Waals surface area contributed by atoms with Crippen LogP contribution in [-0.4, -0.2) is 10.2 Å². The van der Waals surface area contributed by atoms with Gasteiger partial charge in [0.15, 0.2) is 5.36 Å². The third-order valence-corrected chi connectivity index (χ3v) is 1.80. The van der Waals surface area contributed by atoms with Crippen molar-refractivity contribution in [3.63, 3.8) is 0 Å². The van der Waals surface area contributed by atoms with Gasteiger partial charge in [-0.25, -0.2) is 0 Å². The molecule has 0 saturated heterocycles. The molecular formula is C8H4N2O3. The minimum Gasteiger partial charge on any atom is -0.410 e. The van der Waals surface area contributed by atoms with Crippen molar-refractivity contribution in [3.05, 3.63) is 44.1 Å². The fraction of sp³-hybridized carbons (Fsp3) is 0. The lowest BCUT2D eigenvalue weighted by Gasteiger charge is -1.80. The second kappa shape index (κ2) is 2.48. The van der Waals surface area contributed by atoms with Crippen LogP contribution in [0.25, 0.3) is 10.9 Å². The van der Waals surface area contributed by atoms with Gasteiger partial charge < -0.3 is 5.21 Å². The van der Waals surface area contributed by atoms with Gasteiger partial charge in [-0.1, -0.05) is 5.16 Å². The van der Waals surface area contributed by atoms with Crippen LogP contribution >= 0.6 is 0 Å². The van der Waals surface area contributed by atoms with Gasteiger partial charge in [0.2, 0.25) is 10.9 Å². The zero-order valence-electron chi connectivity index (χ0n) is 6.39. The molecular weight excluding hydrogens is 172 g/mol. The molecule has 0 amide bonds. The van der Waals surface area contributed by atoms with E-state index < -0.39 is 16.2 Å². The van der Waals surface area contributed by atoms with Gasteiger partial charge in [0.1, 0.15) is 5.52 Å². The minimum atomic E-state index is -0.622. The number of hydrogen-bond acceptors (Lipinski definition) is 5. The van der Waals surface area contributed by atoms with Crippen molar-refractivity contribution in [1.82, 2.24) is 4.98 Å². The summed E-state index contributed by atoms with van der Waals surface area (Å²) in [5.41, 5.74) is -1.14. The van der Waals surface area contributed by atoms with Crippen LogP contribution in [-0.2, 0) is 0 Å². The van der Waals surface area contributed by atoms with Gasteiger partial charge in [0.05, 0.1) is 5.39 Å². The molecule has 0 fully saturated rings. The van der Waals surface area contributed by atoms with Crippen LogP contribution in [0.1, 0.15) is 0 Å². The first kappa shape index (κ1) is 7.60.